The lowest BCUT2D eigenvalue weighted by Crippen LogP contribution is -2.24. The van der Waals surface area contributed by atoms with Gasteiger partial charge in [-0.25, -0.2) is 0 Å². The van der Waals surface area contributed by atoms with Crippen LogP contribution in [-0.2, 0) is 14.2 Å². The van der Waals surface area contributed by atoms with Crippen molar-refractivity contribution in [3.63, 3.8) is 0 Å². The first-order valence-corrected chi connectivity index (χ1v) is 5.94. The van der Waals surface area contributed by atoms with Crippen molar-refractivity contribution in [2.45, 2.75) is 19.3 Å². The van der Waals surface area contributed by atoms with E-state index in [1.807, 2.05) is 0 Å². The Kier molecular flexibility index (Phi) is 8.92. The standard InChI is InChI=1S/C11H23NO3/c1-2-6-13-8-4-12-5-9-15-11-10-14-7-3-1/h12H,1-11H2. The fourth-order valence-electron chi connectivity index (χ4n) is 1.42. The molecular formula is C11H23NO3. The molecule has 90 valence electrons. The van der Waals surface area contributed by atoms with Crippen LogP contribution in [0.25, 0.3) is 0 Å². The number of ether oxygens (including phenoxy) is 3. The van der Waals surface area contributed by atoms with Crippen LogP contribution in [-0.4, -0.2) is 52.7 Å². The van der Waals surface area contributed by atoms with Gasteiger partial charge >= 0.3 is 0 Å². The Balaban J connectivity index is 2.01. The highest BCUT2D eigenvalue weighted by Crippen LogP contribution is 1.96. The molecule has 1 aliphatic heterocycles. The molecule has 0 aliphatic carbocycles. The summed E-state index contributed by atoms with van der Waals surface area (Å²) in [6.07, 6.45) is 3.45. The van der Waals surface area contributed by atoms with E-state index in [0.717, 1.165) is 59.0 Å². The first-order valence-electron chi connectivity index (χ1n) is 5.94. The Morgan fingerprint density at radius 1 is 0.533 bits per heavy atom. The van der Waals surface area contributed by atoms with Crippen LogP contribution in [0.15, 0.2) is 0 Å². The summed E-state index contributed by atoms with van der Waals surface area (Å²) < 4.78 is 16.3. The van der Waals surface area contributed by atoms with Crippen molar-refractivity contribution < 1.29 is 14.2 Å². The van der Waals surface area contributed by atoms with Gasteiger partial charge in [0.15, 0.2) is 0 Å². The van der Waals surface area contributed by atoms with Gasteiger partial charge in [0.05, 0.1) is 26.4 Å². The molecule has 0 radical (unpaired) electrons. The molecule has 1 N–H and O–H groups in total. The molecular weight excluding hydrogens is 194 g/mol. The molecule has 1 aliphatic rings. The molecule has 0 aromatic rings. The highest BCUT2D eigenvalue weighted by atomic mass is 16.5. The van der Waals surface area contributed by atoms with E-state index in [4.69, 9.17) is 14.2 Å². The number of hydrogen-bond donors (Lipinski definition) is 1. The molecule has 4 nitrogen and oxygen atoms in total. The van der Waals surface area contributed by atoms with Crippen molar-refractivity contribution in [3.8, 4) is 0 Å². The predicted octanol–water partition coefficient (Wildman–Crippen LogP) is 0.810. The average Bonchev–Trinajstić information content (AvgIpc) is 2.27. The lowest BCUT2D eigenvalue weighted by Gasteiger charge is -2.06. The molecule has 1 saturated heterocycles. The van der Waals surface area contributed by atoms with E-state index < -0.39 is 0 Å². The van der Waals surface area contributed by atoms with E-state index in [1.54, 1.807) is 0 Å². The van der Waals surface area contributed by atoms with Crippen molar-refractivity contribution in [1.82, 2.24) is 5.32 Å². The molecule has 1 heterocycles. The first-order chi connectivity index (χ1) is 7.50. The van der Waals surface area contributed by atoms with Gasteiger partial charge in [-0.15, -0.1) is 0 Å². The minimum atomic E-state index is 0.707. The summed E-state index contributed by atoms with van der Waals surface area (Å²) >= 11 is 0. The summed E-state index contributed by atoms with van der Waals surface area (Å²) in [5.74, 6) is 0. The zero-order valence-electron chi connectivity index (χ0n) is 9.50. The van der Waals surface area contributed by atoms with E-state index in [-0.39, 0.29) is 0 Å². The van der Waals surface area contributed by atoms with Crippen LogP contribution in [0.1, 0.15) is 19.3 Å². The van der Waals surface area contributed by atoms with Crippen LogP contribution in [0.2, 0.25) is 0 Å². The average molecular weight is 217 g/mol. The van der Waals surface area contributed by atoms with E-state index in [1.165, 1.54) is 6.42 Å². The van der Waals surface area contributed by atoms with Gasteiger partial charge < -0.3 is 19.5 Å². The van der Waals surface area contributed by atoms with Gasteiger partial charge in [-0.3, -0.25) is 0 Å². The minimum Gasteiger partial charge on any atom is -0.380 e. The Morgan fingerprint density at radius 3 is 1.73 bits per heavy atom. The van der Waals surface area contributed by atoms with Crippen LogP contribution >= 0.6 is 0 Å². The lowest BCUT2D eigenvalue weighted by molar-refractivity contribution is 0.0476. The van der Waals surface area contributed by atoms with Crippen LogP contribution in [0.5, 0.6) is 0 Å². The maximum Gasteiger partial charge on any atom is 0.0701 e. The number of nitrogens with one attached hydrogen (secondary N) is 1. The van der Waals surface area contributed by atoms with Crippen molar-refractivity contribution in [2.75, 3.05) is 52.7 Å². The Hall–Kier alpha value is -0.160. The normalized spacial score (nSPS) is 24.0. The number of rotatable bonds is 0. The van der Waals surface area contributed by atoms with Gasteiger partial charge in [-0.2, -0.15) is 0 Å². The van der Waals surface area contributed by atoms with E-state index >= 15 is 0 Å². The molecule has 0 atom stereocenters. The van der Waals surface area contributed by atoms with Crippen molar-refractivity contribution in [1.29, 1.82) is 0 Å². The number of hydrogen-bond acceptors (Lipinski definition) is 4. The minimum absolute atomic E-state index is 0.707. The van der Waals surface area contributed by atoms with E-state index in [9.17, 15) is 0 Å². The monoisotopic (exact) mass is 217 g/mol. The maximum atomic E-state index is 5.47. The highest BCUT2D eigenvalue weighted by molar-refractivity contribution is 4.47. The summed E-state index contributed by atoms with van der Waals surface area (Å²) in [5, 5.41) is 3.26. The zero-order chi connectivity index (χ0) is 10.6. The summed E-state index contributed by atoms with van der Waals surface area (Å²) in [6.45, 7) is 6.51. The summed E-state index contributed by atoms with van der Waals surface area (Å²) in [6, 6.07) is 0. The molecule has 0 spiro atoms. The molecule has 0 bridgehead atoms. The summed E-state index contributed by atoms with van der Waals surface area (Å²) in [7, 11) is 0. The van der Waals surface area contributed by atoms with Gasteiger partial charge in [0.25, 0.3) is 0 Å². The van der Waals surface area contributed by atoms with Gasteiger partial charge in [0, 0.05) is 26.3 Å². The lowest BCUT2D eigenvalue weighted by atomic mass is 10.2. The molecule has 1 fully saturated rings. The predicted molar refractivity (Wildman–Crippen MR) is 59.2 cm³/mol. The molecule has 0 saturated carbocycles. The van der Waals surface area contributed by atoms with Crippen molar-refractivity contribution in [2.24, 2.45) is 0 Å². The quantitative estimate of drug-likeness (QED) is 0.652. The molecule has 1 rings (SSSR count). The largest absolute Gasteiger partial charge is 0.380 e. The van der Waals surface area contributed by atoms with Crippen LogP contribution in [0.3, 0.4) is 0 Å². The van der Waals surface area contributed by atoms with Gasteiger partial charge in [0.2, 0.25) is 0 Å². The molecule has 0 unspecified atom stereocenters. The van der Waals surface area contributed by atoms with Crippen LogP contribution in [0.4, 0.5) is 0 Å². The van der Waals surface area contributed by atoms with E-state index in [2.05, 4.69) is 5.32 Å². The van der Waals surface area contributed by atoms with Gasteiger partial charge in [-0.05, 0) is 19.3 Å². The second-order valence-corrected chi connectivity index (χ2v) is 3.65. The second kappa shape index (κ2) is 10.4. The fraction of sp³-hybridized carbons (Fsp3) is 1.00. The molecule has 4 heteroatoms. The topological polar surface area (TPSA) is 39.7 Å². The summed E-state index contributed by atoms with van der Waals surface area (Å²) in [4.78, 5) is 0. The third-order valence-corrected chi connectivity index (χ3v) is 2.30. The van der Waals surface area contributed by atoms with Crippen molar-refractivity contribution >= 4 is 0 Å². The zero-order valence-corrected chi connectivity index (χ0v) is 9.50. The van der Waals surface area contributed by atoms with Gasteiger partial charge in [-0.1, -0.05) is 0 Å². The molecule has 0 aromatic heterocycles. The first kappa shape index (κ1) is 12.9. The third-order valence-electron chi connectivity index (χ3n) is 2.30. The molecule has 15 heavy (non-hydrogen) atoms. The maximum absolute atomic E-state index is 5.47. The van der Waals surface area contributed by atoms with E-state index in [0.29, 0.717) is 6.61 Å². The smallest absolute Gasteiger partial charge is 0.0701 e. The third kappa shape index (κ3) is 8.81. The molecule has 0 aromatic carbocycles. The fourth-order valence-corrected chi connectivity index (χ4v) is 1.42. The Labute approximate surface area is 92.3 Å². The Bertz CT molecular complexity index is 74.4. The van der Waals surface area contributed by atoms with Crippen LogP contribution < -0.4 is 5.32 Å². The highest BCUT2D eigenvalue weighted by Gasteiger charge is 1.95. The molecule has 0 amide bonds. The Morgan fingerprint density at radius 2 is 1.07 bits per heavy atom. The van der Waals surface area contributed by atoms with Crippen LogP contribution in [0, 0.1) is 0 Å². The second-order valence-electron chi connectivity index (χ2n) is 3.65. The summed E-state index contributed by atoms with van der Waals surface area (Å²) in [5.41, 5.74) is 0. The van der Waals surface area contributed by atoms with Crippen molar-refractivity contribution in [3.05, 3.63) is 0 Å². The SMILES string of the molecule is C1CCOCCNCCOCCOCC1. The van der Waals surface area contributed by atoms with Gasteiger partial charge in [0.1, 0.15) is 0 Å².